The molecule has 0 radical (unpaired) electrons. The van der Waals surface area contributed by atoms with Crippen LogP contribution in [0.25, 0.3) is 0 Å². The number of sulfonamides is 1. The van der Waals surface area contributed by atoms with Gasteiger partial charge in [-0.15, -0.1) is 0 Å². The average molecular weight is 365 g/mol. The molecule has 7 heteroatoms. The summed E-state index contributed by atoms with van der Waals surface area (Å²) < 4.78 is 41.1. The van der Waals surface area contributed by atoms with E-state index < -0.39 is 15.8 Å². The van der Waals surface area contributed by atoms with Crippen LogP contribution in [0.15, 0.2) is 27.6 Å². The van der Waals surface area contributed by atoms with Gasteiger partial charge in [0.2, 0.25) is 10.0 Å². The Hall–Kier alpha value is -0.500. The van der Waals surface area contributed by atoms with Crippen LogP contribution in [0.1, 0.15) is 12.8 Å². The van der Waals surface area contributed by atoms with Gasteiger partial charge in [0, 0.05) is 23.6 Å². The second kappa shape index (κ2) is 6.09. The number of likely N-dealkylation sites (N-methyl/N-ethyl adjacent to an activating group) is 1. The maximum atomic E-state index is 13.9. The van der Waals surface area contributed by atoms with Gasteiger partial charge in [-0.3, -0.25) is 0 Å². The van der Waals surface area contributed by atoms with Crippen LogP contribution in [-0.2, 0) is 10.0 Å². The van der Waals surface area contributed by atoms with Crippen LogP contribution >= 0.6 is 15.9 Å². The highest BCUT2D eigenvalue weighted by Gasteiger charge is 2.36. The topological polar surface area (TPSA) is 40.6 Å². The van der Waals surface area contributed by atoms with E-state index in [9.17, 15) is 12.8 Å². The van der Waals surface area contributed by atoms with E-state index >= 15 is 0 Å². The lowest BCUT2D eigenvalue weighted by atomic mass is 10.2. The number of nitrogens with zero attached hydrogens (tertiary/aromatic N) is 2. The molecule has 0 amide bonds. The van der Waals surface area contributed by atoms with E-state index in [1.807, 2.05) is 19.0 Å². The van der Waals surface area contributed by atoms with Gasteiger partial charge in [0.1, 0.15) is 10.7 Å². The van der Waals surface area contributed by atoms with Crippen molar-refractivity contribution in [1.29, 1.82) is 0 Å². The summed E-state index contributed by atoms with van der Waals surface area (Å²) in [6.45, 7) is 1.10. The van der Waals surface area contributed by atoms with Crippen molar-refractivity contribution < 1.29 is 12.8 Å². The predicted octanol–water partition coefficient (Wildman–Crippen LogP) is 2.30. The van der Waals surface area contributed by atoms with Gasteiger partial charge in [0.15, 0.2) is 0 Å². The molecule has 4 nitrogen and oxygen atoms in total. The standard InChI is InChI=1S/C13H18BrFN2O2S/c1-16(2)9-11-4-3-7-17(11)20(18,19)13-6-5-10(14)8-12(13)15/h5-6,8,11H,3-4,7,9H2,1-2H3. The van der Waals surface area contributed by atoms with Crippen LogP contribution in [0.3, 0.4) is 0 Å². The van der Waals surface area contributed by atoms with Gasteiger partial charge in [-0.25, -0.2) is 12.8 Å². The summed E-state index contributed by atoms with van der Waals surface area (Å²) >= 11 is 3.14. The molecule has 0 aliphatic carbocycles. The molecule has 0 bridgehead atoms. The Bertz CT molecular complexity index is 592. The molecule has 1 fully saturated rings. The molecular weight excluding hydrogens is 347 g/mol. The lowest BCUT2D eigenvalue weighted by molar-refractivity contribution is 0.290. The quantitative estimate of drug-likeness (QED) is 0.822. The highest BCUT2D eigenvalue weighted by atomic mass is 79.9. The highest BCUT2D eigenvalue weighted by Crippen LogP contribution is 2.28. The second-order valence-electron chi connectivity index (χ2n) is 5.25. The van der Waals surface area contributed by atoms with Gasteiger partial charge in [0.05, 0.1) is 0 Å². The van der Waals surface area contributed by atoms with Crippen molar-refractivity contribution in [1.82, 2.24) is 9.21 Å². The van der Waals surface area contributed by atoms with Crippen LogP contribution in [0.5, 0.6) is 0 Å². The van der Waals surface area contributed by atoms with Gasteiger partial charge in [0.25, 0.3) is 0 Å². The van der Waals surface area contributed by atoms with Crippen molar-refractivity contribution in [2.75, 3.05) is 27.2 Å². The van der Waals surface area contributed by atoms with E-state index in [-0.39, 0.29) is 10.9 Å². The number of benzene rings is 1. The first-order valence-corrected chi connectivity index (χ1v) is 8.67. The second-order valence-corrected chi connectivity index (χ2v) is 8.02. The average Bonchev–Trinajstić information content (AvgIpc) is 2.76. The summed E-state index contributed by atoms with van der Waals surface area (Å²) in [7, 11) is 0.0421. The molecular formula is C13H18BrFN2O2S. The number of halogens is 2. The maximum absolute atomic E-state index is 13.9. The third kappa shape index (κ3) is 3.21. The Balaban J connectivity index is 2.34. The zero-order valence-electron chi connectivity index (χ0n) is 11.5. The maximum Gasteiger partial charge on any atom is 0.246 e. The minimum atomic E-state index is -3.77. The zero-order valence-corrected chi connectivity index (χ0v) is 13.9. The van der Waals surface area contributed by atoms with E-state index in [2.05, 4.69) is 15.9 Å². The van der Waals surface area contributed by atoms with E-state index in [1.54, 1.807) is 6.07 Å². The van der Waals surface area contributed by atoms with Crippen molar-refractivity contribution in [3.8, 4) is 0 Å². The Labute approximate surface area is 127 Å². The Morgan fingerprint density at radius 1 is 1.45 bits per heavy atom. The molecule has 20 heavy (non-hydrogen) atoms. The first kappa shape index (κ1) is 15.9. The van der Waals surface area contributed by atoms with Crippen molar-refractivity contribution in [3.05, 3.63) is 28.5 Å². The van der Waals surface area contributed by atoms with E-state index in [1.165, 1.54) is 16.4 Å². The third-order valence-corrected chi connectivity index (χ3v) is 5.86. The summed E-state index contributed by atoms with van der Waals surface area (Å²) in [6.07, 6.45) is 1.63. The fourth-order valence-corrected chi connectivity index (χ4v) is 4.61. The molecule has 0 spiro atoms. The van der Waals surface area contributed by atoms with E-state index in [0.29, 0.717) is 17.6 Å². The molecule has 1 heterocycles. The fraction of sp³-hybridized carbons (Fsp3) is 0.538. The molecule has 0 N–H and O–H groups in total. The molecule has 1 aliphatic rings. The fourth-order valence-electron chi connectivity index (χ4n) is 2.54. The minimum absolute atomic E-state index is 0.0851. The first-order valence-electron chi connectivity index (χ1n) is 6.44. The van der Waals surface area contributed by atoms with Gasteiger partial charge in [-0.1, -0.05) is 15.9 Å². The lowest BCUT2D eigenvalue weighted by Crippen LogP contribution is -2.41. The van der Waals surface area contributed by atoms with Crippen LogP contribution < -0.4 is 0 Å². The monoisotopic (exact) mass is 364 g/mol. The lowest BCUT2D eigenvalue weighted by Gasteiger charge is -2.26. The Morgan fingerprint density at radius 2 is 2.15 bits per heavy atom. The third-order valence-electron chi connectivity index (χ3n) is 3.38. The summed E-state index contributed by atoms with van der Waals surface area (Å²) in [5.41, 5.74) is 0. The first-order chi connectivity index (χ1) is 9.32. The summed E-state index contributed by atoms with van der Waals surface area (Å²) in [5.74, 6) is -0.713. The van der Waals surface area contributed by atoms with Crippen LogP contribution in [0.2, 0.25) is 0 Å². The highest BCUT2D eigenvalue weighted by molar-refractivity contribution is 9.10. The molecule has 1 aliphatic heterocycles. The van der Waals surface area contributed by atoms with Gasteiger partial charge in [-0.2, -0.15) is 4.31 Å². The predicted molar refractivity (Wildman–Crippen MR) is 79.6 cm³/mol. The van der Waals surface area contributed by atoms with Gasteiger partial charge >= 0.3 is 0 Å². The van der Waals surface area contributed by atoms with Crippen molar-refractivity contribution in [2.24, 2.45) is 0 Å². The molecule has 0 saturated carbocycles. The smallest absolute Gasteiger partial charge is 0.246 e. The summed E-state index contributed by atoms with van der Waals surface area (Å²) in [6, 6.07) is 3.97. The SMILES string of the molecule is CN(C)CC1CCCN1S(=O)(=O)c1ccc(Br)cc1F. The number of hydrogen-bond donors (Lipinski definition) is 0. The molecule has 1 unspecified atom stereocenters. The molecule has 0 aromatic heterocycles. The van der Waals surface area contributed by atoms with Crippen LogP contribution in [0, 0.1) is 5.82 Å². The van der Waals surface area contributed by atoms with E-state index in [4.69, 9.17) is 0 Å². The molecule has 1 atom stereocenters. The molecule has 1 aromatic rings. The number of hydrogen-bond acceptors (Lipinski definition) is 3. The van der Waals surface area contributed by atoms with Gasteiger partial charge in [-0.05, 0) is 45.1 Å². The largest absolute Gasteiger partial charge is 0.308 e. The summed E-state index contributed by atoms with van der Waals surface area (Å²) in [4.78, 5) is 1.71. The zero-order chi connectivity index (χ0) is 14.9. The summed E-state index contributed by atoms with van der Waals surface area (Å²) in [5, 5.41) is 0. The molecule has 1 aromatic carbocycles. The number of rotatable bonds is 4. The van der Waals surface area contributed by atoms with Crippen molar-refractivity contribution in [2.45, 2.75) is 23.8 Å². The Kier molecular flexibility index (Phi) is 4.84. The normalized spacial score (nSPS) is 20.8. The molecule has 112 valence electrons. The van der Waals surface area contributed by atoms with Crippen molar-refractivity contribution >= 4 is 26.0 Å². The molecule has 1 saturated heterocycles. The molecule has 2 rings (SSSR count). The Morgan fingerprint density at radius 3 is 2.75 bits per heavy atom. The minimum Gasteiger partial charge on any atom is -0.308 e. The van der Waals surface area contributed by atoms with Gasteiger partial charge < -0.3 is 4.90 Å². The van der Waals surface area contributed by atoms with E-state index in [0.717, 1.165) is 12.8 Å². The van der Waals surface area contributed by atoms with Crippen LogP contribution in [0.4, 0.5) is 4.39 Å². The van der Waals surface area contributed by atoms with Crippen LogP contribution in [-0.4, -0.2) is 50.8 Å². The van der Waals surface area contributed by atoms with Crippen molar-refractivity contribution in [3.63, 3.8) is 0 Å².